The number of pyridine rings is 1. The highest BCUT2D eigenvalue weighted by molar-refractivity contribution is 7.92. The number of sulfonamides is 1. The van der Waals surface area contributed by atoms with Gasteiger partial charge in [-0.2, -0.15) is 5.10 Å². The molecule has 0 aliphatic heterocycles. The van der Waals surface area contributed by atoms with Crippen molar-refractivity contribution >= 4 is 38.1 Å². The van der Waals surface area contributed by atoms with Crippen LogP contribution >= 0.6 is 11.3 Å². The average Bonchev–Trinajstić information content (AvgIpc) is 3.07. The summed E-state index contributed by atoms with van der Waals surface area (Å²) < 4.78 is 26.8. The van der Waals surface area contributed by atoms with Gasteiger partial charge in [0.15, 0.2) is 5.65 Å². The molecule has 0 atom stereocenters. The SMILES string of the molecule is Cc1[nH]nc2ncc(NS(=O)(=O)CCc3cccs3)cc12. The molecule has 6 nitrogen and oxygen atoms in total. The van der Waals surface area contributed by atoms with E-state index in [0.29, 0.717) is 17.8 Å². The van der Waals surface area contributed by atoms with Crippen LogP contribution in [0.3, 0.4) is 0 Å². The van der Waals surface area contributed by atoms with Crippen LogP contribution < -0.4 is 4.72 Å². The average molecular weight is 322 g/mol. The van der Waals surface area contributed by atoms with Gasteiger partial charge in [0.1, 0.15) is 0 Å². The maximum atomic E-state index is 12.1. The number of aryl methyl sites for hydroxylation is 2. The van der Waals surface area contributed by atoms with Gasteiger partial charge in [-0.05, 0) is 30.9 Å². The molecule has 0 bridgehead atoms. The highest BCUT2D eigenvalue weighted by atomic mass is 32.2. The van der Waals surface area contributed by atoms with Gasteiger partial charge in [-0.15, -0.1) is 11.3 Å². The third kappa shape index (κ3) is 3.22. The van der Waals surface area contributed by atoms with Crippen LogP contribution in [-0.2, 0) is 16.4 Å². The Kier molecular flexibility index (Phi) is 3.64. The van der Waals surface area contributed by atoms with Gasteiger partial charge in [-0.1, -0.05) is 6.07 Å². The third-order valence-electron chi connectivity index (χ3n) is 3.07. The van der Waals surface area contributed by atoms with Gasteiger partial charge in [0.25, 0.3) is 0 Å². The number of thiophene rings is 1. The Hall–Kier alpha value is -1.93. The summed E-state index contributed by atoms with van der Waals surface area (Å²) in [7, 11) is -3.39. The van der Waals surface area contributed by atoms with E-state index in [2.05, 4.69) is 19.9 Å². The van der Waals surface area contributed by atoms with Crippen LogP contribution in [-0.4, -0.2) is 29.4 Å². The number of nitrogens with one attached hydrogen (secondary N) is 2. The molecule has 21 heavy (non-hydrogen) atoms. The number of hydrogen-bond donors (Lipinski definition) is 2. The van der Waals surface area contributed by atoms with Gasteiger partial charge in [-0.25, -0.2) is 13.4 Å². The minimum Gasteiger partial charge on any atom is -0.282 e. The van der Waals surface area contributed by atoms with Crippen molar-refractivity contribution in [2.45, 2.75) is 13.3 Å². The van der Waals surface area contributed by atoms with Gasteiger partial charge in [0.2, 0.25) is 10.0 Å². The lowest BCUT2D eigenvalue weighted by atomic mass is 10.3. The van der Waals surface area contributed by atoms with E-state index in [1.807, 2.05) is 24.4 Å². The van der Waals surface area contributed by atoms with E-state index in [1.165, 1.54) is 6.20 Å². The van der Waals surface area contributed by atoms with Crippen molar-refractivity contribution in [3.63, 3.8) is 0 Å². The first-order valence-corrected chi connectivity index (χ1v) is 8.90. The Bertz CT molecular complexity index is 854. The maximum Gasteiger partial charge on any atom is 0.233 e. The highest BCUT2D eigenvalue weighted by Crippen LogP contribution is 2.19. The summed E-state index contributed by atoms with van der Waals surface area (Å²) in [5, 5.41) is 9.59. The molecule has 0 unspecified atom stereocenters. The van der Waals surface area contributed by atoms with Crippen LogP contribution in [0.1, 0.15) is 10.6 Å². The lowest BCUT2D eigenvalue weighted by molar-refractivity contribution is 0.600. The zero-order chi connectivity index (χ0) is 14.9. The van der Waals surface area contributed by atoms with Crippen molar-refractivity contribution in [2.24, 2.45) is 0 Å². The van der Waals surface area contributed by atoms with Crippen molar-refractivity contribution < 1.29 is 8.42 Å². The topological polar surface area (TPSA) is 87.7 Å². The standard InChI is InChI=1S/C13H14N4O2S2/c1-9-12-7-10(8-14-13(12)16-15-9)17-21(18,19)6-4-11-3-2-5-20-11/h2-3,5,7-8,17H,4,6H2,1H3,(H,14,15,16). The van der Waals surface area contributed by atoms with Crippen LogP contribution in [0.2, 0.25) is 0 Å². The van der Waals surface area contributed by atoms with Gasteiger partial charge >= 0.3 is 0 Å². The highest BCUT2D eigenvalue weighted by Gasteiger charge is 2.13. The Morgan fingerprint density at radius 1 is 1.43 bits per heavy atom. The van der Waals surface area contributed by atoms with Crippen LogP contribution in [0.25, 0.3) is 11.0 Å². The molecular formula is C13H14N4O2S2. The number of hydrogen-bond acceptors (Lipinski definition) is 5. The number of aromatic nitrogens is 3. The summed E-state index contributed by atoms with van der Waals surface area (Å²) in [4.78, 5) is 5.18. The third-order valence-corrected chi connectivity index (χ3v) is 5.30. The number of anilines is 1. The minimum absolute atomic E-state index is 0.0515. The monoisotopic (exact) mass is 322 g/mol. The van der Waals surface area contributed by atoms with Crippen molar-refractivity contribution in [3.05, 3.63) is 40.3 Å². The zero-order valence-electron chi connectivity index (χ0n) is 11.3. The predicted octanol–water partition coefficient (Wildman–Crippen LogP) is 2.31. The smallest absolute Gasteiger partial charge is 0.233 e. The normalized spacial score (nSPS) is 11.9. The summed E-state index contributed by atoms with van der Waals surface area (Å²) >= 11 is 1.56. The van der Waals surface area contributed by atoms with Crippen LogP contribution in [0, 0.1) is 6.92 Å². The number of fused-ring (bicyclic) bond motifs is 1. The molecule has 0 saturated heterocycles. The van der Waals surface area contributed by atoms with Gasteiger partial charge in [-0.3, -0.25) is 9.82 Å². The fraction of sp³-hybridized carbons (Fsp3) is 0.231. The summed E-state index contributed by atoms with van der Waals surface area (Å²) in [6.07, 6.45) is 1.98. The quantitative estimate of drug-likeness (QED) is 0.754. The van der Waals surface area contributed by atoms with E-state index >= 15 is 0 Å². The maximum absolute atomic E-state index is 12.1. The first kappa shape index (κ1) is 14.0. The summed E-state index contributed by atoms with van der Waals surface area (Å²) in [6.45, 7) is 1.87. The second kappa shape index (κ2) is 5.45. The summed E-state index contributed by atoms with van der Waals surface area (Å²) in [5.74, 6) is 0.0515. The van der Waals surface area contributed by atoms with Crippen LogP contribution in [0.15, 0.2) is 29.8 Å². The fourth-order valence-corrected chi connectivity index (χ4v) is 3.90. The van der Waals surface area contributed by atoms with E-state index in [1.54, 1.807) is 17.4 Å². The summed E-state index contributed by atoms with van der Waals surface area (Å²) in [6, 6.07) is 5.59. The number of nitrogens with zero attached hydrogens (tertiary/aromatic N) is 2. The lowest BCUT2D eigenvalue weighted by Gasteiger charge is -2.07. The number of rotatable bonds is 5. The van der Waals surface area contributed by atoms with Gasteiger partial charge in [0, 0.05) is 16.0 Å². The van der Waals surface area contributed by atoms with E-state index < -0.39 is 10.0 Å². The lowest BCUT2D eigenvalue weighted by Crippen LogP contribution is -2.18. The second-order valence-electron chi connectivity index (χ2n) is 4.69. The first-order chi connectivity index (χ1) is 10.0. The van der Waals surface area contributed by atoms with Crippen molar-refractivity contribution in [2.75, 3.05) is 10.5 Å². The summed E-state index contributed by atoms with van der Waals surface area (Å²) in [5.41, 5.74) is 1.89. The largest absolute Gasteiger partial charge is 0.282 e. The Morgan fingerprint density at radius 3 is 3.05 bits per heavy atom. The molecule has 0 fully saturated rings. The van der Waals surface area contributed by atoms with Crippen LogP contribution in [0.5, 0.6) is 0 Å². The molecule has 3 aromatic heterocycles. The Morgan fingerprint density at radius 2 is 2.29 bits per heavy atom. The van der Waals surface area contributed by atoms with Gasteiger partial charge < -0.3 is 0 Å². The zero-order valence-corrected chi connectivity index (χ0v) is 13.0. The van der Waals surface area contributed by atoms with Gasteiger partial charge in [0.05, 0.1) is 17.6 Å². The molecule has 0 aliphatic rings. The molecule has 0 saturated carbocycles. The molecule has 0 radical (unpaired) electrons. The molecule has 0 aliphatic carbocycles. The molecule has 2 N–H and O–H groups in total. The molecule has 3 heterocycles. The molecule has 110 valence electrons. The van der Waals surface area contributed by atoms with Crippen LogP contribution in [0.4, 0.5) is 5.69 Å². The molecule has 0 aromatic carbocycles. The molecule has 3 aromatic rings. The molecule has 3 rings (SSSR count). The van der Waals surface area contributed by atoms with Crippen molar-refractivity contribution in [1.82, 2.24) is 15.2 Å². The predicted molar refractivity (Wildman–Crippen MR) is 84.1 cm³/mol. The fourth-order valence-electron chi connectivity index (χ4n) is 2.00. The minimum atomic E-state index is -3.39. The molecule has 0 spiro atoms. The first-order valence-electron chi connectivity index (χ1n) is 6.37. The molecule has 8 heteroatoms. The van der Waals surface area contributed by atoms with Crippen molar-refractivity contribution in [3.8, 4) is 0 Å². The van der Waals surface area contributed by atoms with E-state index in [0.717, 1.165) is 16.0 Å². The Balaban J connectivity index is 1.75. The van der Waals surface area contributed by atoms with E-state index in [9.17, 15) is 8.42 Å². The van der Waals surface area contributed by atoms with Crippen molar-refractivity contribution in [1.29, 1.82) is 0 Å². The Labute approximate surface area is 126 Å². The van der Waals surface area contributed by atoms with E-state index in [-0.39, 0.29) is 5.75 Å². The second-order valence-corrected chi connectivity index (χ2v) is 7.57. The number of H-pyrrole nitrogens is 1. The molecule has 0 amide bonds. The number of aromatic amines is 1. The molecular weight excluding hydrogens is 308 g/mol. The van der Waals surface area contributed by atoms with E-state index in [4.69, 9.17) is 0 Å².